The Bertz CT molecular complexity index is 708. The fraction of sp³-hybridized carbons (Fsp3) is 0.636. The number of hydrogen-bond donors (Lipinski definition) is 1. The number of rotatable bonds is 4. The number of carbonyl (C=O) groups is 2. The highest BCUT2D eigenvalue weighted by Gasteiger charge is 2.36. The number of nitrogens with one attached hydrogen (secondary N) is 1. The molecule has 1 N–H and O–H groups in total. The summed E-state index contributed by atoms with van der Waals surface area (Å²) in [6.45, 7) is 5.83. The van der Waals surface area contributed by atoms with Gasteiger partial charge in [0.15, 0.2) is 0 Å². The number of urea groups is 2. The average molecular weight is 385 g/mol. The van der Waals surface area contributed by atoms with E-state index in [1.807, 2.05) is 14.7 Å². The van der Waals surface area contributed by atoms with E-state index < -0.39 is 0 Å². The van der Waals surface area contributed by atoms with Gasteiger partial charge in [0.2, 0.25) is 0 Å². The third-order valence-corrected chi connectivity index (χ3v) is 6.46. The van der Waals surface area contributed by atoms with Crippen molar-refractivity contribution in [3.63, 3.8) is 0 Å². The molecule has 0 aromatic heterocycles. The second kappa shape index (κ2) is 8.41. The maximum Gasteiger partial charge on any atom is 0.320 e. The lowest BCUT2D eigenvalue weighted by Gasteiger charge is -2.37. The van der Waals surface area contributed by atoms with E-state index in [1.54, 1.807) is 0 Å². The largest absolute Gasteiger partial charge is 0.335 e. The molecule has 1 aliphatic carbocycles. The smallest absolute Gasteiger partial charge is 0.320 e. The van der Waals surface area contributed by atoms with Crippen LogP contribution in [0.3, 0.4) is 0 Å². The van der Waals surface area contributed by atoms with Crippen molar-refractivity contribution in [1.82, 2.24) is 20.0 Å². The Morgan fingerprint density at radius 2 is 1.82 bits per heavy atom. The number of piperidine rings is 1. The van der Waals surface area contributed by atoms with Gasteiger partial charge in [-0.1, -0.05) is 42.7 Å². The number of aryl methyl sites for hydroxylation is 1. The first-order chi connectivity index (χ1) is 13.6. The van der Waals surface area contributed by atoms with Gasteiger partial charge in [-0.2, -0.15) is 0 Å². The van der Waals surface area contributed by atoms with Gasteiger partial charge in [0, 0.05) is 44.8 Å². The zero-order valence-corrected chi connectivity index (χ0v) is 16.9. The SMILES string of the molecule is Cc1cccc(CN2CCN(C3CCN(C(=O)NC4CCCC4)CC3)C2=O)c1. The molecule has 2 heterocycles. The summed E-state index contributed by atoms with van der Waals surface area (Å²) in [5.41, 5.74) is 2.41. The lowest BCUT2D eigenvalue weighted by atomic mass is 10.0. The van der Waals surface area contributed by atoms with Gasteiger partial charge in [0.25, 0.3) is 0 Å². The summed E-state index contributed by atoms with van der Waals surface area (Å²) in [7, 11) is 0. The number of carbonyl (C=O) groups excluding carboxylic acids is 2. The molecule has 3 aliphatic rings. The van der Waals surface area contributed by atoms with Crippen LogP contribution in [0.15, 0.2) is 24.3 Å². The predicted molar refractivity (Wildman–Crippen MR) is 109 cm³/mol. The molecule has 0 bridgehead atoms. The lowest BCUT2D eigenvalue weighted by molar-refractivity contribution is 0.133. The van der Waals surface area contributed by atoms with Crippen molar-refractivity contribution in [2.75, 3.05) is 26.2 Å². The topological polar surface area (TPSA) is 55.9 Å². The van der Waals surface area contributed by atoms with Crippen molar-refractivity contribution >= 4 is 12.1 Å². The van der Waals surface area contributed by atoms with Gasteiger partial charge in [-0.05, 0) is 38.2 Å². The zero-order chi connectivity index (χ0) is 19.5. The first kappa shape index (κ1) is 19.1. The molecule has 3 fully saturated rings. The van der Waals surface area contributed by atoms with Crippen LogP contribution >= 0.6 is 0 Å². The molecule has 0 spiro atoms. The van der Waals surface area contributed by atoms with Crippen LogP contribution in [0.5, 0.6) is 0 Å². The molecule has 1 saturated carbocycles. The van der Waals surface area contributed by atoms with E-state index in [4.69, 9.17) is 0 Å². The zero-order valence-electron chi connectivity index (χ0n) is 16.9. The Kier molecular flexibility index (Phi) is 5.74. The lowest BCUT2D eigenvalue weighted by Crippen LogP contribution is -2.51. The van der Waals surface area contributed by atoms with Gasteiger partial charge in [0.05, 0.1) is 0 Å². The number of benzene rings is 1. The van der Waals surface area contributed by atoms with E-state index in [-0.39, 0.29) is 18.1 Å². The molecule has 28 heavy (non-hydrogen) atoms. The first-order valence-corrected chi connectivity index (χ1v) is 10.8. The molecule has 1 aromatic rings. The molecule has 152 valence electrons. The van der Waals surface area contributed by atoms with Crippen LogP contribution in [0.4, 0.5) is 9.59 Å². The molecule has 4 amide bonds. The van der Waals surface area contributed by atoms with Crippen LogP contribution in [0.25, 0.3) is 0 Å². The van der Waals surface area contributed by atoms with Crippen LogP contribution in [0.2, 0.25) is 0 Å². The molecule has 6 heteroatoms. The van der Waals surface area contributed by atoms with E-state index in [9.17, 15) is 9.59 Å². The molecular weight excluding hydrogens is 352 g/mol. The highest BCUT2D eigenvalue weighted by atomic mass is 16.2. The van der Waals surface area contributed by atoms with Crippen LogP contribution in [0.1, 0.15) is 49.7 Å². The fourth-order valence-corrected chi connectivity index (χ4v) is 4.83. The molecule has 2 aliphatic heterocycles. The van der Waals surface area contributed by atoms with Crippen LogP contribution in [0, 0.1) is 6.92 Å². The maximum atomic E-state index is 12.9. The number of hydrogen-bond acceptors (Lipinski definition) is 2. The van der Waals surface area contributed by atoms with Crippen LogP contribution < -0.4 is 5.32 Å². The number of nitrogens with zero attached hydrogens (tertiary/aromatic N) is 3. The van der Waals surface area contributed by atoms with E-state index in [0.29, 0.717) is 12.6 Å². The normalized spacial score (nSPS) is 21.6. The first-order valence-electron chi connectivity index (χ1n) is 10.8. The van der Waals surface area contributed by atoms with Gasteiger partial charge in [-0.15, -0.1) is 0 Å². The van der Waals surface area contributed by atoms with Gasteiger partial charge in [-0.3, -0.25) is 0 Å². The summed E-state index contributed by atoms with van der Waals surface area (Å²) in [5.74, 6) is 0. The van der Waals surface area contributed by atoms with Crippen LogP contribution in [-0.2, 0) is 6.54 Å². The van der Waals surface area contributed by atoms with Gasteiger partial charge >= 0.3 is 12.1 Å². The third kappa shape index (κ3) is 4.26. The van der Waals surface area contributed by atoms with E-state index >= 15 is 0 Å². The van der Waals surface area contributed by atoms with E-state index in [1.165, 1.54) is 24.0 Å². The average Bonchev–Trinajstić information content (AvgIpc) is 3.32. The molecule has 0 atom stereocenters. The predicted octanol–water partition coefficient (Wildman–Crippen LogP) is 3.35. The maximum absolute atomic E-state index is 12.9. The molecule has 0 unspecified atom stereocenters. The highest BCUT2D eigenvalue weighted by molar-refractivity contribution is 5.77. The summed E-state index contributed by atoms with van der Waals surface area (Å²) in [6.07, 6.45) is 6.43. The summed E-state index contributed by atoms with van der Waals surface area (Å²) < 4.78 is 0. The van der Waals surface area contributed by atoms with Crippen molar-refractivity contribution in [1.29, 1.82) is 0 Å². The summed E-state index contributed by atoms with van der Waals surface area (Å²) >= 11 is 0. The standard InChI is InChI=1S/C22H32N4O2/c1-17-5-4-6-18(15-17)16-25-13-14-26(22(25)28)20-9-11-24(12-10-20)21(27)23-19-7-2-3-8-19/h4-6,15,19-20H,2-3,7-14,16H2,1H3,(H,23,27). The minimum atomic E-state index is 0.0826. The molecular formula is C22H32N4O2. The van der Waals surface area contributed by atoms with E-state index in [0.717, 1.165) is 51.9 Å². The van der Waals surface area contributed by atoms with Gasteiger partial charge in [0.1, 0.15) is 0 Å². The van der Waals surface area contributed by atoms with Crippen molar-refractivity contribution in [3.05, 3.63) is 35.4 Å². The monoisotopic (exact) mass is 384 g/mol. The summed E-state index contributed by atoms with van der Waals surface area (Å²) in [6, 6.07) is 9.22. The highest BCUT2D eigenvalue weighted by Crippen LogP contribution is 2.24. The molecule has 4 rings (SSSR count). The Hall–Kier alpha value is -2.24. The van der Waals surface area contributed by atoms with Crippen molar-refractivity contribution in [3.8, 4) is 0 Å². The molecule has 2 saturated heterocycles. The fourth-order valence-electron chi connectivity index (χ4n) is 4.83. The van der Waals surface area contributed by atoms with Crippen molar-refractivity contribution in [2.45, 2.75) is 64.1 Å². The van der Waals surface area contributed by atoms with Crippen molar-refractivity contribution in [2.24, 2.45) is 0 Å². The van der Waals surface area contributed by atoms with Crippen molar-refractivity contribution < 1.29 is 9.59 Å². The Labute approximate surface area is 167 Å². The minimum Gasteiger partial charge on any atom is -0.335 e. The second-order valence-corrected chi connectivity index (χ2v) is 8.54. The van der Waals surface area contributed by atoms with Gasteiger partial charge in [-0.25, -0.2) is 9.59 Å². The van der Waals surface area contributed by atoms with Crippen LogP contribution in [-0.4, -0.2) is 65.0 Å². The third-order valence-electron chi connectivity index (χ3n) is 6.46. The van der Waals surface area contributed by atoms with E-state index in [2.05, 4.69) is 36.5 Å². The Morgan fingerprint density at radius 1 is 1.07 bits per heavy atom. The van der Waals surface area contributed by atoms with Gasteiger partial charge < -0.3 is 20.0 Å². The molecule has 0 radical (unpaired) electrons. The molecule has 6 nitrogen and oxygen atoms in total. The second-order valence-electron chi connectivity index (χ2n) is 8.54. The Morgan fingerprint density at radius 3 is 2.54 bits per heavy atom. The quantitative estimate of drug-likeness (QED) is 0.865. The number of likely N-dealkylation sites (tertiary alicyclic amines) is 1. The summed E-state index contributed by atoms with van der Waals surface area (Å²) in [5, 5.41) is 3.18. The number of amides is 4. The molecule has 1 aromatic carbocycles. The summed E-state index contributed by atoms with van der Waals surface area (Å²) in [4.78, 5) is 31.3. The Balaban J connectivity index is 1.26. The minimum absolute atomic E-state index is 0.0826.